The van der Waals surface area contributed by atoms with E-state index in [-0.39, 0.29) is 41.7 Å². The third kappa shape index (κ3) is 11.1. The normalized spacial score (nSPS) is 47.9. The molecule has 0 bridgehead atoms. The fourth-order valence-corrected chi connectivity index (χ4v) is 15.2. The molecule has 4 saturated heterocycles. The minimum Gasteiger partial charge on any atom is -0.463 e. The standard InChI is InChI=1S/C57H86O21/c1-27(69-31(5)59)35-19-21-57(65)36-17-16-33-22-34(18-20-55(33,6)37(36)23-41(56(35,57)7)75-52(64)32-14-12-11-13-15-32)73-42-24-38(66-8)48(28(2)70-42)76-43-25-39(67-9)49(29(3)71-43)77-54-47(63)51(68-10)50(30(4)72-54)78-53-46(62)45(61)44(60)40(26-58)74-53/h11-16,27-30,34-51,53-54,58,60-63,65H,17-26H2,1-10H3/t27?,28-,29-,30-,34+,35-,36-,37+,38+,39+,40-,41-,42+,43+,44-,45+,46-,47-,48-,49-,50-,51+,53+,54+,55+,56+,57+/m1/s1. The SMILES string of the molecule is CO[C@H]1[C@@H](O)[C@H](O[C@H]2[C@@H](OC)C[C@H](O[C@H]3[C@@H](OC)C[C@H](O[C@H]4CC[C@@]5(C)C(=CC[C@@H]6[C@@H]5C[C@@H](OC(=O)c5ccccc5)[C@]5(C)[C@@H](C(C)OC(C)=O)CC[C@]65O)C4)O[C@@H]3C)O[C@@H]2C)O[C@H](C)[C@H]1O[C@@H]1O[C@H](CO)[C@@H](O)[C@H](O)[C@H]1O. The summed E-state index contributed by atoms with van der Waals surface area (Å²) >= 11 is 0. The number of aliphatic hydroxyl groups excluding tert-OH is 5. The highest BCUT2D eigenvalue weighted by Crippen LogP contribution is 2.69. The lowest BCUT2D eigenvalue weighted by atomic mass is 9.44. The van der Waals surface area contributed by atoms with Crippen LogP contribution < -0.4 is 0 Å². The number of benzene rings is 1. The van der Waals surface area contributed by atoms with E-state index in [2.05, 4.69) is 13.0 Å². The zero-order valence-corrected chi connectivity index (χ0v) is 46.7. The number of esters is 2. The topological polar surface area (TPSA) is 276 Å². The van der Waals surface area contributed by atoms with Gasteiger partial charge in [-0.05, 0) is 102 Å². The van der Waals surface area contributed by atoms with Crippen LogP contribution in [0.2, 0.25) is 0 Å². The van der Waals surface area contributed by atoms with Gasteiger partial charge in [0.05, 0.1) is 54.4 Å². The van der Waals surface area contributed by atoms with Crippen LogP contribution in [0.5, 0.6) is 0 Å². The molecule has 0 radical (unpaired) electrons. The number of rotatable bonds is 16. The van der Waals surface area contributed by atoms with E-state index in [1.165, 1.54) is 19.6 Å². The molecule has 7 fully saturated rings. The van der Waals surface area contributed by atoms with Gasteiger partial charge < -0.3 is 92.2 Å². The lowest BCUT2D eigenvalue weighted by molar-refractivity contribution is -0.373. The molecule has 21 nitrogen and oxygen atoms in total. The largest absolute Gasteiger partial charge is 0.463 e. The molecule has 6 N–H and O–H groups in total. The zero-order valence-electron chi connectivity index (χ0n) is 46.7. The van der Waals surface area contributed by atoms with Gasteiger partial charge >= 0.3 is 11.9 Å². The molecule has 4 heterocycles. The van der Waals surface area contributed by atoms with Gasteiger partial charge in [0.15, 0.2) is 25.2 Å². The third-order valence-electron chi connectivity index (χ3n) is 19.5. The van der Waals surface area contributed by atoms with Crippen molar-refractivity contribution >= 4 is 11.9 Å². The number of fused-ring (bicyclic) bond motifs is 5. The first-order chi connectivity index (χ1) is 37.1. The number of hydrogen-bond acceptors (Lipinski definition) is 21. The van der Waals surface area contributed by atoms with E-state index in [1.807, 2.05) is 45.9 Å². The van der Waals surface area contributed by atoms with Crippen LogP contribution in [0.15, 0.2) is 42.0 Å². The Balaban J connectivity index is 0.809. The molecular weight excluding hydrogens is 1020 g/mol. The van der Waals surface area contributed by atoms with Gasteiger partial charge in [-0.25, -0.2) is 4.79 Å². The second kappa shape index (κ2) is 24.2. The predicted molar refractivity (Wildman–Crippen MR) is 273 cm³/mol. The van der Waals surface area contributed by atoms with E-state index in [4.69, 9.17) is 61.6 Å². The van der Waals surface area contributed by atoms with Crippen molar-refractivity contribution in [2.75, 3.05) is 27.9 Å². The van der Waals surface area contributed by atoms with Gasteiger partial charge in [-0.2, -0.15) is 0 Å². The van der Waals surface area contributed by atoms with Crippen molar-refractivity contribution in [1.29, 1.82) is 0 Å². The molecule has 0 amide bonds. The average Bonchev–Trinajstić information content (AvgIpc) is 3.95. The number of allylic oxidation sites excluding steroid dienone is 1. The van der Waals surface area contributed by atoms with E-state index in [0.717, 1.165) is 12.8 Å². The van der Waals surface area contributed by atoms with Gasteiger partial charge in [-0.1, -0.05) is 43.7 Å². The van der Waals surface area contributed by atoms with E-state index in [0.29, 0.717) is 44.1 Å². The molecule has 1 aromatic carbocycles. The molecular formula is C57H86O21. The Kier molecular flexibility index (Phi) is 18.6. The maximum atomic E-state index is 13.9. The summed E-state index contributed by atoms with van der Waals surface area (Å²) in [4.78, 5) is 26.1. The quantitative estimate of drug-likeness (QED) is 0.102. The number of carbonyl (C=O) groups is 2. The summed E-state index contributed by atoms with van der Waals surface area (Å²) in [5.74, 6) is -1.11. The van der Waals surface area contributed by atoms with Gasteiger partial charge in [0.25, 0.3) is 0 Å². The highest BCUT2D eigenvalue weighted by atomic mass is 16.8. The van der Waals surface area contributed by atoms with Gasteiger partial charge in [0.1, 0.15) is 67.1 Å². The van der Waals surface area contributed by atoms with Crippen LogP contribution >= 0.6 is 0 Å². The fourth-order valence-electron chi connectivity index (χ4n) is 15.2. The number of hydrogen-bond donors (Lipinski definition) is 6. The molecule has 27 atom stereocenters. The molecule has 78 heavy (non-hydrogen) atoms. The van der Waals surface area contributed by atoms with Crippen LogP contribution in [-0.2, 0) is 66.4 Å². The van der Waals surface area contributed by atoms with Crippen molar-refractivity contribution in [3.8, 4) is 0 Å². The van der Waals surface area contributed by atoms with Crippen LogP contribution in [0.3, 0.4) is 0 Å². The Hall–Kier alpha value is -2.78. The maximum absolute atomic E-state index is 13.9. The molecule has 440 valence electrons. The molecule has 8 aliphatic rings. The van der Waals surface area contributed by atoms with Crippen LogP contribution in [0.25, 0.3) is 0 Å². The summed E-state index contributed by atoms with van der Waals surface area (Å²) in [6.45, 7) is 12.4. The Labute approximate surface area is 457 Å². The van der Waals surface area contributed by atoms with Gasteiger partial charge in [-0.15, -0.1) is 0 Å². The summed E-state index contributed by atoms with van der Waals surface area (Å²) in [6.07, 6.45) is -11.5. The molecule has 1 unspecified atom stereocenters. The van der Waals surface area contributed by atoms with Crippen molar-refractivity contribution < 1.29 is 102 Å². The lowest BCUT2D eigenvalue weighted by Crippen LogP contribution is -2.67. The smallest absolute Gasteiger partial charge is 0.338 e. The Morgan fingerprint density at radius 2 is 1.32 bits per heavy atom. The van der Waals surface area contributed by atoms with E-state index >= 15 is 0 Å². The molecule has 21 heteroatoms. The van der Waals surface area contributed by atoms with Gasteiger partial charge in [-0.3, -0.25) is 4.79 Å². The molecule has 1 aromatic rings. The van der Waals surface area contributed by atoms with Crippen molar-refractivity contribution in [2.45, 2.75) is 241 Å². The fraction of sp³-hybridized carbons (Fsp3) is 0.825. The highest BCUT2D eigenvalue weighted by Gasteiger charge is 2.72. The number of aliphatic hydroxyl groups is 6. The third-order valence-corrected chi connectivity index (χ3v) is 19.5. The highest BCUT2D eigenvalue weighted by molar-refractivity contribution is 5.89. The van der Waals surface area contributed by atoms with Crippen LogP contribution in [0.4, 0.5) is 0 Å². The average molecular weight is 1110 g/mol. The summed E-state index contributed by atoms with van der Waals surface area (Å²) in [5.41, 5.74) is -0.617. The van der Waals surface area contributed by atoms with Crippen molar-refractivity contribution in [3.63, 3.8) is 0 Å². The first kappa shape index (κ1) is 59.8. The lowest BCUT2D eigenvalue weighted by Gasteiger charge is -2.63. The summed E-state index contributed by atoms with van der Waals surface area (Å²) in [7, 11) is 4.56. The summed E-state index contributed by atoms with van der Waals surface area (Å²) in [5, 5.41) is 65.6. The monoisotopic (exact) mass is 1110 g/mol. The number of methoxy groups -OCH3 is 3. The maximum Gasteiger partial charge on any atom is 0.338 e. The van der Waals surface area contributed by atoms with E-state index < -0.39 is 146 Å². The van der Waals surface area contributed by atoms with Crippen molar-refractivity contribution in [2.24, 2.45) is 28.6 Å². The van der Waals surface area contributed by atoms with Crippen molar-refractivity contribution in [1.82, 2.24) is 0 Å². The van der Waals surface area contributed by atoms with Gasteiger partial charge in [0, 0.05) is 52.4 Å². The Morgan fingerprint density at radius 1 is 0.705 bits per heavy atom. The molecule has 3 saturated carbocycles. The summed E-state index contributed by atoms with van der Waals surface area (Å²) in [6, 6.07) is 8.95. The first-order valence-corrected chi connectivity index (χ1v) is 28.1. The van der Waals surface area contributed by atoms with Crippen LogP contribution in [-0.4, -0.2) is 205 Å². The van der Waals surface area contributed by atoms with Crippen LogP contribution in [0, 0.1) is 28.6 Å². The Morgan fingerprint density at radius 3 is 1.95 bits per heavy atom. The number of ether oxygens (including phenoxy) is 13. The second-order valence-electron chi connectivity index (χ2n) is 23.7. The van der Waals surface area contributed by atoms with Crippen LogP contribution in [0.1, 0.15) is 117 Å². The molecule has 0 spiro atoms. The zero-order chi connectivity index (χ0) is 56.2. The first-order valence-electron chi connectivity index (χ1n) is 28.1. The molecule has 4 aliphatic carbocycles. The second-order valence-corrected chi connectivity index (χ2v) is 23.7. The van der Waals surface area contributed by atoms with E-state index in [1.54, 1.807) is 33.3 Å². The summed E-state index contributed by atoms with van der Waals surface area (Å²) < 4.78 is 80.6. The molecule has 4 aliphatic heterocycles. The minimum absolute atomic E-state index is 0.0153. The minimum atomic E-state index is -1.67. The molecule has 9 rings (SSSR count). The number of carbonyl (C=O) groups excluding carboxylic acids is 2. The molecule has 0 aromatic heterocycles. The predicted octanol–water partition coefficient (Wildman–Crippen LogP) is 3.23. The Bertz CT molecular complexity index is 2220. The van der Waals surface area contributed by atoms with Gasteiger partial charge in [0.2, 0.25) is 0 Å². The van der Waals surface area contributed by atoms with E-state index in [9.17, 15) is 40.2 Å². The van der Waals surface area contributed by atoms with Crippen molar-refractivity contribution in [3.05, 3.63) is 47.5 Å².